The summed E-state index contributed by atoms with van der Waals surface area (Å²) in [4.78, 5) is 75.9. The van der Waals surface area contributed by atoms with Crippen molar-refractivity contribution in [1.29, 1.82) is 0 Å². The first-order valence-electron chi connectivity index (χ1n) is 13.3. The van der Waals surface area contributed by atoms with E-state index in [0.717, 1.165) is 24.6 Å². The van der Waals surface area contributed by atoms with Crippen LogP contribution in [0, 0.1) is 20.2 Å². The summed E-state index contributed by atoms with van der Waals surface area (Å²) in [6.45, 7) is 3.29. The maximum absolute atomic E-state index is 12.5. The Morgan fingerprint density at radius 1 is 0.651 bits per heavy atom. The van der Waals surface area contributed by atoms with Crippen molar-refractivity contribution in [2.24, 2.45) is 0 Å². The van der Waals surface area contributed by atoms with E-state index >= 15 is 0 Å². The van der Waals surface area contributed by atoms with Gasteiger partial charge in [0.2, 0.25) is 24.6 Å². The molecule has 0 saturated carbocycles. The van der Waals surface area contributed by atoms with Gasteiger partial charge in [0.05, 0.1) is 19.6 Å². The number of amides is 4. The van der Waals surface area contributed by atoms with E-state index in [1.165, 1.54) is 48.6 Å². The van der Waals surface area contributed by atoms with Gasteiger partial charge in [-0.3, -0.25) is 39.4 Å². The van der Waals surface area contributed by atoms with Crippen molar-refractivity contribution in [1.82, 2.24) is 19.6 Å². The van der Waals surface area contributed by atoms with Crippen LogP contribution in [0.3, 0.4) is 0 Å². The molecule has 0 aromatic heterocycles. The Kier molecular flexibility index (Phi) is 10.2. The minimum absolute atomic E-state index is 0.175. The summed E-state index contributed by atoms with van der Waals surface area (Å²) in [5.41, 5.74) is 0.252. The van der Waals surface area contributed by atoms with Gasteiger partial charge in [0.25, 0.3) is 11.4 Å². The third kappa shape index (κ3) is 8.03. The van der Waals surface area contributed by atoms with E-state index in [1.54, 1.807) is 31.7 Å². The molecule has 2 fully saturated rings. The first-order valence-corrected chi connectivity index (χ1v) is 14.1. The first kappa shape index (κ1) is 30.9. The highest BCUT2D eigenvalue weighted by atomic mass is 32.2. The summed E-state index contributed by atoms with van der Waals surface area (Å²) < 4.78 is 0. The molecule has 0 radical (unpaired) electrons. The van der Waals surface area contributed by atoms with Crippen molar-refractivity contribution in [3.05, 3.63) is 79.9 Å². The molecule has 0 atom stereocenters. The van der Waals surface area contributed by atoms with Gasteiger partial charge in [0.1, 0.15) is 0 Å². The van der Waals surface area contributed by atoms with Gasteiger partial charge >= 0.3 is 0 Å². The minimum atomic E-state index is -0.594. The van der Waals surface area contributed by atoms with Crippen LogP contribution in [0.15, 0.2) is 58.3 Å². The lowest BCUT2D eigenvalue weighted by Crippen LogP contribution is -2.47. The topological polar surface area (TPSA) is 168 Å². The monoisotopic (exact) mass is 608 g/mol. The number of hydrogen-bond donors (Lipinski definition) is 0. The van der Waals surface area contributed by atoms with Crippen LogP contribution >= 0.6 is 11.8 Å². The van der Waals surface area contributed by atoms with Crippen molar-refractivity contribution in [3.8, 4) is 0 Å². The molecular weight excluding hydrogens is 580 g/mol. The third-order valence-electron chi connectivity index (χ3n) is 6.97. The van der Waals surface area contributed by atoms with Crippen molar-refractivity contribution in [2.75, 3.05) is 52.4 Å². The summed E-state index contributed by atoms with van der Waals surface area (Å²) in [6.07, 6.45) is 7.03. The fourth-order valence-electron chi connectivity index (χ4n) is 4.49. The Labute approximate surface area is 250 Å². The van der Waals surface area contributed by atoms with E-state index < -0.39 is 9.85 Å². The standard InChI is InChI=1S/C28H28N6O8S/c35-19-29-9-13-31(14-10-29)27(37)7-3-21-1-5-25(23(17-21)33(39)40)43-26-6-2-22(18-24(26)34(41)42)4-8-28(38)32-15-11-30(20-36)12-16-32/h1-8,17-20H,9-16H2/b7-3+,8-4+. The molecule has 4 amide bonds. The molecule has 0 bridgehead atoms. The van der Waals surface area contributed by atoms with Crippen LogP contribution in [0.4, 0.5) is 11.4 Å². The zero-order valence-corrected chi connectivity index (χ0v) is 23.8. The summed E-state index contributed by atoms with van der Waals surface area (Å²) >= 11 is 0.866. The van der Waals surface area contributed by atoms with Crippen LogP contribution in [0.1, 0.15) is 11.1 Å². The van der Waals surface area contributed by atoms with Crippen molar-refractivity contribution < 1.29 is 29.0 Å². The van der Waals surface area contributed by atoms with E-state index in [9.17, 15) is 39.4 Å². The van der Waals surface area contributed by atoms with E-state index in [0.29, 0.717) is 63.5 Å². The molecule has 14 nitrogen and oxygen atoms in total. The van der Waals surface area contributed by atoms with Crippen LogP contribution in [0.2, 0.25) is 0 Å². The molecule has 2 aliphatic rings. The molecule has 2 heterocycles. The molecule has 0 N–H and O–H groups in total. The average Bonchev–Trinajstić information content (AvgIpc) is 3.03. The lowest BCUT2D eigenvalue weighted by Gasteiger charge is -2.31. The molecule has 0 unspecified atom stereocenters. The number of benzene rings is 2. The summed E-state index contributed by atoms with van der Waals surface area (Å²) in [7, 11) is 0. The maximum atomic E-state index is 12.5. The molecule has 15 heteroatoms. The zero-order valence-electron chi connectivity index (χ0n) is 22.9. The largest absolute Gasteiger partial charge is 0.342 e. The number of piperazine rings is 2. The maximum Gasteiger partial charge on any atom is 0.283 e. The van der Waals surface area contributed by atoms with Gasteiger partial charge in [-0.25, -0.2) is 0 Å². The van der Waals surface area contributed by atoms with Crippen molar-refractivity contribution in [2.45, 2.75) is 9.79 Å². The Morgan fingerprint density at radius 2 is 1.02 bits per heavy atom. The quantitative estimate of drug-likeness (QED) is 0.170. The van der Waals surface area contributed by atoms with Gasteiger partial charge in [-0.05, 0) is 35.4 Å². The normalized spacial score (nSPS) is 15.6. The second-order valence-corrected chi connectivity index (χ2v) is 10.8. The van der Waals surface area contributed by atoms with Crippen LogP contribution in [-0.4, -0.2) is 106 Å². The SMILES string of the molecule is O=CN1CCN(C(=O)/C=C/c2ccc(Sc3ccc(/C=C/C(=O)N4CCN(C=O)CC4)cc3[N+](=O)[O-])c([N+](=O)[O-])c2)CC1. The lowest BCUT2D eigenvalue weighted by molar-refractivity contribution is -0.388. The first-order chi connectivity index (χ1) is 20.7. The van der Waals surface area contributed by atoms with Crippen LogP contribution < -0.4 is 0 Å². The minimum Gasteiger partial charge on any atom is -0.342 e. The molecule has 2 aromatic rings. The van der Waals surface area contributed by atoms with Gasteiger partial charge < -0.3 is 19.6 Å². The number of carbonyl (C=O) groups is 4. The molecule has 4 rings (SSSR count). The molecule has 43 heavy (non-hydrogen) atoms. The van der Waals surface area contributed by atoms with Crippen LogP contribution in [0.25, 0.3) is 12.2 Å². The van der Waals surface area contributed by atoms with Gasteiger partial charge in [-0.15, -0.1) is 0 Å². The molecule has 2 aromatic carbocycles. The lowest BCUT2D eigenvalue weighted by atomic mass is 10.2. The Bertz CT molecular complexity index is 1370. The molecule has 2 aliphatic heterocycles. The highest BCUT2D eigenvalue weighted by Gasteiger charge is 2.23. The van der Waals surface area contributed by atoms with Crippen molar-refractivity contribution in [3.63, 3.8) is 0 Å². The molecule has 224 valence electrons. The van der Waals surface area contributed by atoms with Crippen molar-refractivity contribution >= 4 is 59.9 Å². The fourth-order valence-corrected chi connectivity index (χ4v) is 5.48. The summed E-state index contributed by atoms with van der Waals surface area (Å²) in [6, 6.07) is 8.67. The molecule has 0 spiro atoms. The van der Waals surface area contributed by atoms with Gasteiger partial charge in [-0.1, -0.05) is 23.9 Å². The Hall–Kier alpha value is -5.05. The second-order valence-electron chi connectivity index (χ2n) is 9.67. The number of nitro benzene ring substituents is 2. The second kappa shape index (κ2) is 14.2. The average molecular weight is 609 g/mol. The fraction of sp³-hybridized carbons (Fsp3) is 0.286. The number of rotatable bonds is 10. The van der Waals surface area contributed by atoms with Gasteiger partial charge in [-0.2, -0.15) is 0 Å². The molecule has 2 saturated heterocycles. The Balaban J connectivity index is 1.46. The number of hydrogen-bond acceptors (Lipinski definition) is 9. The number of nitro groups is 2. The highest BCUT2D eigenvalue weighted by molar-refractivity contribution is 7.99. The predicted molar refractivity (Wildman–Crippen MR) is 157 cm³/mol. The summed E-state index contributed by atoms with van der Waals surface area (Å²) in [5, 5.41) is 23.7. The van der Waals surface area contributed by atoms with Gasteiger partial charge in [0.15, 0.2) is 0 Å². The van der Waals surface area contributed by atoms with E-state index in [1.807, 2.05) is 0 Å². The third-order valence-corrected chi connectivity index (χ3v) is 8.10. The highest BCUT2D eigenvalue weighted by Crippen LogP contribution is 2.40. The van der Waals surface area contributed by atoms with Gasteiger partial charge in [0, 0.05) is 76.6 Å². The predicted octanol–water partition coefficient (Wildman–Crippen LogP) is 2.28. The van der Waals surface area contributed by atoms with E-state index in [2.05, 4.69) is 0 Å². The number of carbonyl (C=O) groups excluding carboxylic acids is 4. The molecular formula is C28H28N6O8S. The van der Waals surface area contributed by atoms with E-state index in [4.69, 9.17) is 0 Å². The van der Waals surface area contributed by atoms with Crippen LogP contribution in [0.5, 0.6) is 0 Å². The summed E-state index contributed by atoms with van der Waals surface area (Å²) in [5.74, 6) is -0.558. The number of nitrogens with zero attached hydrogens (tertiary/aromatic N) is 6. The zero-order chi connectivity index (χ0) is 30.9. The Morgan fingerprint density at radius 3 is 1.35 bits per heavy atom. The molecule has 0 aliphatic carbocycles. The van der Waals surface area contributed by atoms with E-state index in [-0.39, 0.29) is 33.0 Å². The van der Waals surface area contributed by atoms with Crippen LogP contribution in [-0.2, 0) is 19.2 Å². The smallest absolute Gasteiger partial charge is 0.283 e.